The van der Waals surface area contributed by atoms with Gasteiger partial charge < -0.3 is 9.84 Å². The summed E-state index contributed by atoms with van der Waals surface area (Å²) in [6.45, 7) is 0. The summed E-state index contributed by atoms with van der Waals surface area (Å²) in [5.74, 6) is 1.49. The molecule has 0 saturated carbocycles. The number of hydrogen-bond acceptors (Lipinski definition) is 4. The highest BCUT2D eigenvalue weighted by molar-refractivity contribution is 5.53. The highest BCUT2D eigenvalue weighted by atomic mass is 16.5. The van der Waals surface area contributed by atoms with Crippen molar-refractivity contribution in [3.63, 3.8) is 0 Å². The minimum atomic E-state index is 0.208. The molecule has 5 heteroatoms. The molecule has 0 fully saturated rings. The molecule has 1 aromatic carbocycles. The van der Waals surface area contributed by atoms with Crippen LogP contribution in [-0.4, -0.2) is 20.3 Å². The zero-order valence-corrected chi connectivity index (χ0v) is 9.95. The van der Waals surface area contributed by atoms with Crippen molar-refractivity contribution < 1.29 is 9.84 Å². The molecule has 0 aliphatic carbocycles. The molecule has 0 aliphatic heterocycles. The second-order valence-electron chi connectivity index (χ2n) is 3.95. The van der Waals surface area contributed by atoms with Gasteiger partial charge in [0.15, 0.2) is 0 Å². The molecule has 2 N–H and O–H groups in total. The van der Waals surface area contributed by atoms with Crippen LogP contribution in [0.1, 0.15) is 0 Å². The van der Waals surface area contributed by atoms with Crippen molar-refractivity contribution in [3.05, 3.63) is 54.9 Å². The van der Waals surface area contributed by atoms with E-state index in [0.29, 0.717) is 11.5 Å². The fraction of sp³-hybridized carbons (Fsp3) is 0. The summed E-state index contributed by atoms with van der Waals surface area (Å²) in [6, 6.07) is 12.1. The molecule has 0 radical (unpaired) electrons. The van der Waals surface area contributed by atoms with Crippen LogP contribution in [0.3, 0.4) is 0 Å². The molecule has 0 atom stereocenters. The number of H-pyrrole nitrogens is 1. The minimum absolute atomic E-state index is 0.208. The molecule has 19 heavy (non-hydrogen) atoms. The van der Waals surface area contributed by atoms with Crippen LogP contribution in [0.4, 0.5) is 0 Å². The number of benzene rings is 1. The first kappa shape index (κ1) is 11.3. The van der Waals surface area contributed by atoms with E-state index in [1.807, 2.05) is 18.2 Å². The van der Waals surface area contributed by atoms with Gasteiger partial charge >= 0.3 is 0 Å². The van der Waals surface area contributed by atoms with Gasteiger partial charge in [-0.3, -0.25) is 10.1 Å². The number of aromatic nitrogens is 3. The maximum atomic E-state index is 9.19. The van der Waals surface area contributed by atoms with Crippen LogP contribution in [0.15, 0.2) is 54.9 Å². The first-order valence-electron chi connectivity index (χ1n) is 5.74. The Morgan fingerprint density at radius 1 is 0.947 bits per heavy atom. The van der Waals surface area contributed by atoms with Crippen molar-refractivity contribution in [2.24, 2.45) is 0 Å². The van der Waals surface area contributed by atoms with E-state index in [2.05, 4.69) is 15.2 Å². The van der Waals surface area contributed by atoms with Crippen molar-refractivity contribution in [2.75, 3.05) is 0 Å². The van der Waals surface area contributed by atoms with Crippen molar-refractivity contribution in [1.29, 1.82) is 0 Å². The molecule has 0 unspecified atom stereocenters. The Kier molecular flexibility index (Phi) is 2.86. The van der Waals surface area contributed by atoms with Crippen molar-refractivity contribution in [1.82, 2.24) is 15.2 Å². The van der Waals surface area contributed by atoms with Gasteiger partial charge in [0, 0.05) is 6.20 Å². The number of aromatic amines is 1. The predicted molar refractivity (Wildman–Crippen MR) is 70.0 cm³/mol. The van der Waals surface area contributed by atoms with Crippen LogP contribution >= 0.6 is 0 Å². The third kappa shape index (κ3) is 2.55. The molecule has 0 amide bonds. The SMILES string of the molecule is Oc1ccc(Oc2ccc(-c3ccn[nH]3)nc2)cc1. The Morgan fingerprint density at radius 2 is 1.74 bits per heavy atom. The van der Waals surface area contributed by atoms with Crippen molar-refractivity contribution >= 4 is 0 Å². The molecule has 0 aliphatic rings. The monoisotopic (exact) mass is 253 g/mol. The highest BCUT2D eigenvalue weighted by Gasteiger charge is 2.02. The quantitative estimate of drug-likeness (QED) is 0.752. The number of pyridine rings is 1. The van der Waals surface area contributed by atoms with Gasteiger partial charge in [-0.1, -0.05) is 0 Å². The molecule has 0 spiro atoms. The maximum Gasteiger partial charge on any atom is 0.145 e. The lowest BCUT2D eigenvalue weighted by Gasteiger charge is -2.05. The number of hydrogen-bond donors (Lipinski definition) is 2. The molecular formula is C14H11N3O2. The van der Waals surface area contributed by atoms with Gasteiger partial charge in [-0.2, -0.15) is 5.10 Å². The van der Waals surface area contributed by atoms with Crippen LogP contribution in [0.2, 0.25) is 0 Å². The van der Waals surface area contributed by atoms with E-state index in [1.165, 1.54) is 0 Å². The number of phenols is 1. The summed E-state index contributed by atoms with van der Waals surface area (Å²) < 4.78 is 5.61. The van der Waals surface area contributed by atoms with Gasteiger partial charge in [-0.15, -0.1) is 0 Å². The lowest BCUT2D eigenvalue weighted by molar-refractivity contribution is 0.463. The first-order chi connectivity index (χ1) is 9.31. The average Bonchev–Trinajstić information content (AvgIpc) is 2.96. The molecule has 3 aromatic rings. The van der Waals surface area contributed by atoms with Crippen LogP contribution in [0.5, 0.6) is 17.2 Å². The summed E-state index contributed by atoms with van der Waals surface area (Å²) >= 11 is 0. The lowest BCUT2D eigenvalue weighted by atomic mass is 10.3. The second kappa shape index (κ2) is 4.81. The van der Waals surface area contributed by atoms with Crippen LogP contribution in [-0.2, 0) is 0 Å². The Bertz CT molecular complexity index is 646. The van der Waals surface area contributed by atoms with E-state index < -0.39 is 0 Å². The van der Waals surface area contributed by atoms with E-state index in [9.17, 15) is 5.11 Å². The predicted octanol–water partition coefficient (Wildman–Crippen LogP) is 2.97. The van der Waals surface area contributed by atoms with E-state index in [-0.39, 0.29) is 5.75 Å². The van der Waals surface area contributed by atoms with E-state index in [0.717, 1.165) is 11.4 Å². The molecule has 0 saturated heterocycles. The minimum Gasteiger partial charge on any atom is -0.508 e. The second-order valence-corrected chi connectivity index (χ2v) is 3.95. The average molecular weight is 253 g/mol. The molecular weight excluding hydrogens is 242 g/mol. The van der Waals surface area contributed by atoms with Gasteiger partial charge in [-0.25, -0.2) is 0 Å². The maximum absolute atomic E-state index is 9.19. The zero-order chi connectivity index (χ0) is 13.1. The molecule has 0 bridgehead atoms. The summed E-state index contributed by atoms with van der Waals surface area (Å²) in [5.41, 5.74) is 1.66. The van der Waals surface area contributed by atoms with Gasteiger partial charge in [0.25, 0.3) is 0 Å². The third-order valence-electron chi connectivity index (χ3n) is 2.59. The lowest BCUT2D eigenvalue weighted by Crippen LogP contribution is -1.87. The fourth-order valence-corrected chi connectivity index (χ4v) is 1.65. The third-order valence-corrected chi connectivity index (χ3v) is 2.59. The topological polar surface area (TPSA) is 71.0 Å². The molecule has 3 rings (SSSR count). The number of phenolic OH excluding ortho intramolecular Hbond substituents is 1. The van der Waals surface area contributed by atoms with E-state index in [4.69, 9.17) is 4.74 Å². The van der Waals surface area contributed by atoms with Crippen LogP contribution in [0.25, 0.3) is 11.4 Å². The van der Waals surface area contributed by atoms with E-state index >= 15 is 0 Å². The van der Waals surface area contributed by atoms with Gasteiger partial charge in [-0.05, 0) is 42.5 Å². The number of aromatic hydroxyl groups is 1. The number of nitrogens with zero attached hydrogens (tertiary/aromatic N) is 2. The molecule has 5 nitrogen and oxygen atoms in total. The van der Waals surface area contributed by atoms with Crippen LogP contribution in [0, 0.1) is 0 Å². The van der Waals surface area contributed by atoms with Gasteiger partial charge in [0.05, 0.1) is 17.6 Å². The molecule has 94 valence electrons. The molecule has 2 aromatic heterocycles. The Labute approximate surface area is 109 Å². The Hall–Kier alpha value is -2.82. The first-order valence-corrected chi connectivity index (χ1v) is 5.74. The van der Waals surface area contributed by atoms with Gasteiger partial charge in [0.1, 0.15) is 17.2 Å². The summed E-state index contributed by atoms with van der Waals surface area (Å²) in [6.07, 6.45) is 3.32. The van der Waals surface area contributed by atoms with Gasteiger partial charge in [0.2, 0.25) is 0 Å². The number of nitrogens with one attached hydrogen (secondary N) is 1. The standard InChI is InChI=1S/C14H11N3O2/c18-10-1-3-11(4-2-10)19-12-5-6-13(15-9-12)14-7-8-16-17-14/h1-9,18H,(H,16,17). The summed E-state index contributed by atoms with van der Waals surface area (Å²) in [7, 11) is 0. The van der Waals surface area contributed by atoms with E-state index in [1.54, 1.807) is 36.7 Å². The number of ether oxygens (including phenoxy) is 1. The summed E-state index contributed by atoms with van der Waals surface area (Å²) in [5, 5.41) is 15.9. The Balaban J connectivity index is 1.77. The number of rotatable bonds is 3. The fourth-order valence-electron chi connectivity index (χ4n) is 1.65. The van der Waals surface area contributed by atoms with Crippen molar-refractivity contribution in [3.8, 4) is 28.6 Å². The smallest absolute Gasteiger partial charge is 0.145 e. The molecule has 2 heterocycles. The zero-order valence-electron chi connectivity index (χ0n) is 9.95. The largest absolute Gasteiger partial charge is 0.508 e. The Morgan fingerprint density at radius 3 is 2.37 bits per heavy atom. The normalized spacial score (nSPS) is 10.3. The highest BCUT2D eigenvalue weighted by Crippen LogP contribution is 2.24. The summed E-state index contributed by atoms with van der Waals surface area (Å²) in [4.78, 5) is 4.29. The van der Waals surface area contributed by atoms with Crippen molar-refractivity contribution in [2.45, 2.75) is 0 Å². The van der Waals surface area contributed by atoms with Crippen LogP contribution < -0.4 is 4.74 Å².